The summed E-state index contributed by atoms with van der Waals surface area (Å²) in [7, 11) is 0. The van der Waals surface area contributed by atoms with Gasteiger partial charge in [0.2, 0.25) is 0 Å². The maximum Gasteiger partial charge on any atom is 0.416 e. The molecule has 188 valence electrons. The largest absolute Gasteiger partial charge is 0.530 e. The molecule has 2 aliphatic heterocycles. The summed E-state index contributed by atoms with van der Waals surface area (Å²) >= 11 is 0. The molecule has 1 aromatic carbocycles. The number of imidazole rings is 1. The van der Waals surface area contributed by atoms with Gasteiger partial charge in [0.05, 0.1) is 24.2 Å². The van der Waals surface area contributed by atoms with Gasteiger partial charge >= 0.3 is 18.0 Å². The van der Waals surface area contributed by atoms with Crippen molar-refractivity contribution in [3.05, 3.63) is 63.9 Å². The Kier molecular flexibility index (Phi) is 6.21. The number of piperazine rings is 1. The number of halogens is 3. The van der Waals surface area contributed by atoms with Gasteiger partial charge in [0.1, 0.15) is 17.9 Å². The Morgan fingerprint density at radius 2 is 2.00 bits per heavy atom. The highest BCUT2D eigenvalue weighted by atomic mass is 19.4. The van der Waals surface area contributed by atoms with Crippen molar-refractivity contribution in [1.29, 1.82) is 0 Å². The second-order valence-electron chi connectivity index (χ2n) is 8.83. The Labute approximate surface area is 198 Å². The van der Waals surface area contributed by atoms with E-state index in [9.17, 15) is 33.2 Å². The Hall–Kier alpha value is -3.61. The molecule has 0 bridgehead atoms. The Bertz CT molecular complexity index is 1120. The van der Waals surface area contributed by atoms with Crippen LogP contribution in [-0.2, 0) is 12.7 Å². The van der Waals surface area contributed by atoms with Gasteiger partial charge in [-0.25, -0.2) is 0 Å². The van der Waals surface area contributed by atoms with Gasteiger partial charge in [-0.05, 0) is 36.5 Å². The monoisotopic (exact) mass is 494 g/mol. The zero-order valence-electron chi connectivity index (χ0n) is 18.9. The summed E-state index contributed by atoms with van der Waals surface area (Å²) < 4.78 is 46.8. The fourth-order valence-electron chi connectivity index (χ4n) is 4.78. The number of ether oxygens (including phenoxy) is 1. The van der Waals surface area contributed by atoms with Crippen molar-refractivity contribution in [2.45, 2.75) is 44.3 Å². The van der Waals surface area contributed by atoms with E-state index in [1.54, 1.807) is 26.0 Å². The van der Waals surface area contributed by atoms with E-state index in [1.807, 2.05) is 4.90 Å². The van der Waals surface area contributed by atoms with Crippen LogP contribution in [0.25, 0.3) is 0 Å². The molecule has 3 atom stereocenters. The first-order valence-corrected chi connectivity index (χ1v) is 10.8. The van der Waals surface area contributed by atoms with Gasteiger partial charge in [-0.1, -0.05) is 24.3 Å². The number of benzene rings is 1. The van der Waals surface area contributed by atoms with Crippen molar-refractivity contribution in [2.75, 3.05) is 19.6 Å². The molecule has 0 N–H and O–H groups in total. The Balaban J connectivity index is 1.65. The zero-order valence-corrected chi connectivity index (χ0v) is 18.9. The third-order valence-electron chi connectivity index (χ3n) is 6.20. The lowest BCUT2D eigenvalue weighted by atomic mass is 9.91. The lowest BCUT2D eigenvalue weighted by Gasteiger charge is -2.49. The normalized spacial score (nSPS) is 25.0. The second-order valence-corrected chi connectivity index (χ2v) is 8.83. The number of carboxylic acid groups (broad SMARTS) is 1. The molecule has 2 aromatic rings. The van der Waals surface area contributed by atoms with Gasteiger partial charge < -0.3 is 29.7 Å². The Morgan fingerprint density at radius 1 is 1.31 bits per heavy atom. The molecule has 10 nitrogen and oxygen atoms in total. The first-order valence-electron chi connectivity index (χ1n) is 10.8. The number of amides is 1. The smallest absolute Gasteiger partial charge is 0.416 e. The highest BCUT2D eigenvalue weighted by Crippen LogP contribution is 2.38. The van der Waals surface area contributed by atoms with Crippen LogP contribution in [0.2, 0.25) is 0 Å². The van der Waals surface area contributed by atoms with Crippen LogP contribution < -0.4 is 9.84 Å². The SMILES string of the molecule is CC=C[C@H]1C(c2ccc(C(F)(F)F)cc2)N(CC2(C)Cn3cc([N+](=O)[O-])nc3O2)CCN1C(=O)[O-]. The quantitative estimate of drug-likeness (QED) is 0.356. The fourth-order valence-corrected chi connectivity index (χ4v) is 4.78. The van der Waals surface area contributed by atoms with E-state index in [0.717, 1.165) is 17.0 Å². The van der Waals surface area contributed by atoms with Crippen LogP contribution in [0.15, 0.2) is 42.6 Å². The third-order valence-corrected chi connectivity index (χ3v) is 6.20. The van der Waals surface area contributed by atoms with Crippen molar-refractivity contribution in [3.8, 4) is 6.01 Å². The molecule has 0 aliphatic carbocycles. The number of carbonyl (C=O) groups excluding carboxylic acids is 1. The highest BCUT2D eigenvalue weighted by Gasteiger charge is 2.45. The topological polar surface area (TPSA) is 117 Å². The third kappa shape index (κ3) is 4.81. The van der Waals surface area contributed by atoms with Gasteiger partial charge in [0, 0.05) is 24.6 Å². The molecule has 1 amide bonds. The minimum atomic E-state index is -4.50. The van der Waals surface area contributed by atoms with Crippen LogP contribution in [0, 0.1) is 10.1 Å². The van der Waals surface area contributed by atoms with E-state index in [-0.39, 0.29) is 38.0 Å². The van der Waals surface area contributed by atoms with Crippen LogP contribution in [0.3, 0.4) is 0 Å². The highest BCUT2D eigenvalue weighted by molar-refractivity contribution is 5.64. The molecule has 0 spiro atoms. The number of allylic oxidation sites excluding steroid dienone is 1. The van der Waals surface area contributed by atoms with Crippen molar-refractivity contribution in [1.82, 2.24) is 19.4 Å². The van der Waals surface area contributed by atoms with Crippen molar-refractivity contribution >= 4 is 11.9 Å². The summed E-state index contributed by atoms with van der Waals surface area (Å²) in [5, 5.41) is 22.8. The second kappa shape index (κ2) is 8.87. The maximum absolute atomic E-state index is 13.1. The fraction of sp³-hybridized carbons (Fsp3) is 0.455. The predicted octanol–water partition coefficient (Wildman–Crippen LogP) is 2.61. The summed E-state index contributed by atoms with van der Waals surface area (Å²) in [6, 6.07) is 3.41. The number of carbonyl (C=O) groups is 1. The van der Waals surface area contributed by atoms with Gasteiger partial charge in [0.25, 0.3) is 0 Å². The average Bonchev–Trinajstić information content (AvgIpc) is 3.28. The number of hydrogen-bond donors (Lipinski definition) is 0. The maximum atomic E-state index is 13.1. The molecule has 1 aromatic heterocycles. The summed E-state index contributed by atoms with van der Waals surface area (Å²) in [6.45, 7) is 4.45. The molecule has 3 heterocycles. The molecule has 4 rings (SSSR count). The molecule has 35 heavy (non-hydrogen) atoms. The summed E-state index contributed by atoms with van der Waals surface area (Å²) in [6.07, 6.45) is -1.23. The van der Waals surface area contributed by atoms with Crippen LogP contribution in [-0.4, -0.2) is 61.6 Å². The van der Waals surface area contributed by atoms with Gasteiger partial charge in [0.15, 0.2) is 0 Å². The van der Waals surface area contributed by atoms with Crippen molar-refractivity contribution in [3.63, 3.8) is 0 Å². The number of nitro groups is 1. The van der Waals surface area contributed by atoms with Crippen LogP contribution >= 0.6 is 0 Å². The molecule has 2 unspecified atom stereocenters. The lowest BCUT2D eigenvalue weighted by Crippen LogP contribution is -2.61. The molecule has 1 fully saturated rings. The number of rotatable bonds is 5. The summed E-state index contributed by atoms with van der Waals surface area (Å²) in [5.41, 5.74) is -1.16. The minimum absolute atomic E-state index is 0.101. The average molecular weight is 494 g/mol. The summed E-state index contributed by atoms with van der Waals surface area (Å²) in [5.74, 6) is -0.333. The number of alkyl halides is 3. The van der Waals surface area contributed by atoms with E-state index in [4.69, 9.17) is 4.74 Å². The van der Waals surface area contributed by atoms with E-state index < -0.39 is 40.4 Å². The number of aromatic nitrogens is 2. The van der Waals surface area contributed by atoms with E-state index >= 15 is 0 Å². The Morgan fingerprint density at radius 3 is 2.54 bits per heavy atom. The molecule has 0 saturated carbocycles. The molecule has 13 heteroatoms. The van der Waals surface area contributed by atoms with Crippen molar-refractivity contribution < 1.29 is 32.7 Å². The zero-order chi connectivity index (χ0) is 25.5. The first-order chi connectivity index (χ1) is 16.4. The van der Waals surface area contributed by atoms with E-state index in [1.165, 1.54) is 22.9 Å². The van der Waals surface area contributed by atoms with E-state index in [0.29, 0.717) is 5.56 Å². The first kappa shape index (κ1) is 24.5. The van der Waals surface area contributed by atoms with Crippen LogP contribution in [0.4, 0.5) is 23.8 Å². The summed E-state index contributed by atoms with van der Waals surface area (Å²) in [4.78, 5) is 29.2. The standard InChI is InChI=1S/C22H24F3N5O5/c1-3-4-16-18(14-5-7-15(8-6-14)22(23,24)25)27(9-10-29(16)20(31)32)12-21(2)13-28-11-17(30(33)34)26-19(28)35-21/h3-8,11,16,18H,9-10,12-13H2,1-2H3,(H,31,32)/p-1/t16-,18?,21?/m0/s1. The number of hydrogen-bond acceptors (Lipinski definition) is 7. The lowest BCUT2D eigenvalue weighted by molar-refractivity contribution is -0.389. The molecule has 2 aliphatic rings. The van der Waals surface area contributed by atoms with Crippen LogP contribution in [0.5, 0.6) is 6.01 Å². The minimum Gasteiger partial charge on any atom is -0.530 e. The predicted molar refractivity (Wildman–Crippen MR) is 114 cm³/mol. The van der Waals surface area contributed by atoms with E-state index in [2.05, 4.69) is 4.98 Å². The van der Waals surface area contributed by atoms with Gasteiger partial charge in [-0.15, -0.1) is 0 Å². The van der Waals surface area contributed by atoms with Crippen molar-refractivity contribution in [2.24, 2.45) is 0 Å². The molecular formula is C22H23F3N5O5-. The number of nitrogens with zero attached hydrogens (tertiary/aromatic N) is 5. The van der Waals surface area contributed by atoms with Crippen LogP contribution in [0.1, 0.15) is 31.0 Å². The molecular weight excluding hydrogens is 471 g/mol. The van der Waals surface area contributed by atoms with Gasteiger partial charge in [-0.3, -0.25) is 9.47 Å². The molecule has 1 saturated heterocycles. The van der Waals surface area contributed by atoms with Gasteiger partial charge in [-0.2, -0.15) is 13.2 Å². The number of fused-ring (bicyclic) bond motifs is 1. The molecule has 0 radical (unpaired) electrons.